The van der Waals surface area contributed by atoms with Crippen molar-refractivity contribution in [1.29, 1.82) is 0 Å². The highest BCUT2D eigenvalue weighted by Gasteiger charge is 2.20. The monoisotopic (exact) mass is 410 g/mol. The van der Waals surface area contributed by atoms with E-state index in [1.165, 1.54) is 0 Å². The number of benzene rings is 1. The van der Waals surface area contributed by atoms with Gasteiger partial charge in [0.1, 0.15) is 0 Å². The molecule has 2 aromatic rings. The lowest BCUT2D eigenvalue weighted by molar-refractivity contribution is 0.419. The topological polar surface area (TPSA) is 97.1 Å². The van der Waals surface area contributed by atoms with E-state index in [9.17, 15) is 8.42 Å². The van der Waals surface area contributed by atoms with Crippen LogP contribution in [0.5, 0.6) is 0 Å². The molecular weight excluding hydrogens is 388 g/mol. The maximum Gasteiger partial charge on any atom is 0.322 e. The van der Waals surface area contributed by atoms with Gasteiger partial charge in [-0.15, -0.1) is 0 Å². The fourth-order valence-electron chi connectivity index (χ4n) is 2.79. The molecular formula is C18H23ClN4O3S. The fraction of sp³-hybridized carbons (Fsp3) is 0.444. The van der Waals surface area contributed by atoms with Crippen LogP contribution in [0.25, 0.3) is 11.4 Å². The molecule has 1 aromatic carbocycles. The molecule has 0 unspecified atom stereocenters. The molecule has 27 heavy (non-hydrogen) atoms. The van der Waals surface area contributed by atoms with E-state index in [-0.39, 0.29) is 6.04 Å². The largest absolute Gasteiger partial charge is 0.335 e. The van der Waals surface area contributed by atoms with Crippen molar-refractivity contribution in [1.82, 2.24) is 14.9 Å². The minimum absolute atomic E-state index is 0.198. The van der Waals surface area contributed by atoms with E-state index in [0.717, 1.165) is 36.8 Å². The normalized spacial score (nSPS) is 17.8. The second-order valence-electron chi connectivity index (χ2n) is 6.84. The Morgan fingerprint density at radius 3 is 2.63 bits per heavy atom. The van der Waals surface area contributed by atoms with Gasteiger partial charge in [-0.3, -0.25) is 4.72 Å². The third-order valence-corrected chi connectivity index (χ3v) is 6.56. The predicted octanol–water partition coefficient (Wildman–Crippen LogP) is 3.96. The SMILES string of the molecule is CC(C)S(=O)(=O)NC=C1CCC(Nc2nc(-c3ccccc3Cl)no2)CC1. The van der Waals surface area contributed by atoms with E-state index in [0.29, 0.717) is 16.9 Å². The Kier molecular flexibility index (Phi) is 6.06. The Morgan fingerprint density at radius 2 is 1.96 bits per heavy atom. The summed E-state index contributed by atoms with van der Waals surface area (Å²) in [5.74, 6) is 0.447. The number of nitrogens with zero attached hydrogens (tertiary/aromatic N) is 2. The van der Waals surface area contributed by atoms with Gasteiger partial charge in [0.15, 0.2) is 0 Å². The van der Waals surface area contributed by atoms with Crippen LogP contribution in [0.15, 0.2) is 40.6 Å². The van der Waals surface area contributed by atoms with Crippen LogP contribution in [0.2, 0.25) is 5.02 Å². The van der Waals surface area contributed by atoms with Crippen LogP contribution in [0.3, 0.4) is 0 Å². The van der Waals surface area contributed by atoms with Crippen molar-refractivity contribution < 1.29 is 12.9 Å². The molecule has 7 nitrogen and oxygen atoms in total. The fourth-order valence-corrected chi connectivity index (χ4v) is 3.61. The van der Waals surface area contributed by atoms with Gasteiger partial charge in [0.2, 0.25) is 15.8 Å². The van der Waals surface area contributed by atoms with Crippen molar-refractivity contribution in [3.05, 3.63) is 41.1 Å². The zero-order valence-electron chi connectivity index (χ0n) is 15.3. The van der Waals surface area contributed by atoms with Gasteiger partial charge in [-0.05, 0) is 51.7 Å². The zero-order valence-corrected chi connectivity index (χ0v) is 16.8. The molecule has 0 radical (unpaired) electrons. The minimum Gasteiger partial charge on any atom is -0.335 e. The molecule has 1 heterocycles. The Morgan fingerprint density at radius 1 is 1.26 bits per heavy atom. The number of allylic oxidation sites excluding steroid dienone is 1. The van der Waals surface area contributed by atoms with Crippen LogP contribution >= 0.6 is 11.6 Å². The Labute approximate surface area is 164 Å². The lowest BCUT2D eigenvalue weighted by Crippen LogP contribution is -2.28. The van der Waals surface area contributed by atoms with E-state index in [1.54, 1.807) is 26.1 Å². The number of rotatable bonds is 6. The van der Waals surface area contributed by atoms with Crippen molar-refractivity contribution in [2.24, 2.45) is 0 Å². The average molecular weight is 411 g/mol. The van der Waals surface area contributed by atoms with Gasteiger partial charge in [-0.25, -0.2) is 8.42 Å². The van der Waals surface area contributed by atoms with Crippen LogP contribution in [0.1, 0.15) is 39.5 Å². The van der Waals surface area contributed by atoms with Crippen molar-refractivity contribution >= 4 is 27.6 Å². The summed E-state index contributed by atoms with van der Waals surface area (Å²) < 4.78 is 31.5. The molecule has 0 spiro atoms. The molecule has 1 aliphatic rings. The van der Waals surface area contributed by atoms with Crippen molar-refractivity contribution in [2.45, 2.75) is 50.8 Å². The van der Waals surface area contributed by atoms with E-state index < -0.39 is 15.3 Å². The van der Waals surface area contributed by atoms with E-state index in [1.807, 2.05) is 18.2 Å². The first kappa shape index (κ1) is 19.7. The summed E-state index contributed by atoms with van der Waals surface area (Å²) in [5, 5.41) is 7.36. The van der Waals surface area contributed by atoms with Gasteiger partial charge < -0.3 is 9.84 Å². The summed E-state index contributed by atoms with van der Waals surface area (Å²) >= 11 is 6.16. The average Bonchev–Trinajstić information content (AvgIpc) is 3.09. The Hall–Kier alpha value is -2.06. The van der Waals surface area contributed by atoms with Crippen molar-refractivity contribution in [3.63, 3.8) is 0 Å². The number of hydrogen-bond donors (Lipinski definition) is 2. The molecule has 0 atom stereocenters. The first-order chi connectivity index (χ1) is 12.8. The number of nitrogens with one attached hydrogen (secondary N) is 2. The smallest absolute Gasteiger partial charge is 0.322 e. The molecule has 0 saturated heterocycles. The van der Waals surface area contributed by atoms with Crippen LogP contribution in [-0.2, 0) is 10.0 Å². The van der Waals surface area contributed by atoms with Crippen LogP contribution in [-0.4, -0.2) is 29.9 Å². The molecule has 0 amide bonds. The van der Waals surface area contributed by atoms with Crippen LogP contribution in [0, 0.1) is 0 Å². The standard InChI is InChI=1S/C18H23ClN4O3S/c1-12(2)27(24,25)20-11-13-7-9-14(10-8-13)21-18-22-17(23-26-18)15-5-3-4-6-16(15)19/h3-6,11-12,14,20H,7-10H2,1-2H3,(H,21,22,23). The molecule has 1 aliphatic carbocycles. The molecule has 1 aromatic heterocycles. The van der Waals surface area contributed by atoms with E-state index in [4.69, 9.17) is 16.1 Å². The van der Waals surface area contributed by atoms with Crippen LogP contribution in [0.4, 0.5) is 6.01 Å². The maximum atomic E-state index is 11.8. The Balaban J connectivity index is 1.55. The number of aromatic nitrogens is 2. The lowest BCUT2D eigenvalue weighted by atomic mass is 9.91. The molecule has 0 bridgehead atoms. The highest BCUT2D eigenvalue weighted by molar-refractivity contribution is 7.90. The second-order valence-corrected chi connectivity index (χ2v) is 9.51. The quantitative estimate of drug-likeness (QED) is 0.748. The highest BCUT2D eigenvalue weighted by atomic mass is 35.5. The first-order valence-electron chi connectivity index (χ1n) is 8.89. The summed E-state index contributed by atoms with van der Waals surface area (Å²) in [6.07, 6.45) is 4.97. The number of sulfonamides is 1. The lowest BCUT2D eigenvalue weighted by Gasteiger charge is -2.24. The van der Waals surface area contributed by atoms with Crippen LogP contribution < -0.4 is 10.0 Å². The van der Waals surface area contributed by atoms with E-state index >= 15 is 0 Å². The summed E-state index contributed by atoms with van der Waals surface area (Å²) in [6.45, 7) is 3.31. The van der Waals surface area contributed by atoms with Gasteiger partial charge in [-0.2, -0.15) is 4.98 Å². The minimum atomic E-state index is -3.27. The van der Waals surface area contributed by atoms with Gasteiger partial charge >= 0.3 is 6.01 Å². The highest BCUT2D eigenvalue weighted by Crippen LogP contribution is 2.28. The first-order valence-corrected chi connectivity index (χ1v) is 10.8. The summed E-state index contributed by atoms with van der Waals surface area (Å²) in [6, 6.07) is 7.90. The number of hydrogen-bond acceptors (Lipinski definition) is 6. The third-order valence-electron chi connectivity index (χ3n) is 4.54. The van der Waals surface area contributed by atoms with Crippen molar-refractivity contribution in [3.8, 4) is 11.4 Å². The summed E-state index contributed by atoms with van der Waals surface area (Å²) in [5.41, 5.74) is 1.82. The summed E-state index contributed by atoms with van der Waals surface area (Å²) in [4.78, 5) is 4.36. The predicted molar refractivity (Wildman–Crippen MR) is 106 cm³/mol. The van der Waals surface area contributed by atoms with Gasteiger partial charge in [0.25, 0.3) is 0 Å². The molecule has 146 valence electrons. The molecule has 0 aliphatic heterocycles. The van der Waals surface area contributed by atoms with E-state index in [2.05, 4.69) is 20.2 Å². The Bertz CT molecular complexity index is 914. The van der Waals surface area contributed by atoms with Gasteiger partial charge in [0, 0.05) is 17.8 Å². The number of anilines is 1. The maximum absolute atomic E-state index is 11.8. The number of halogens is 1. The molecule has 3 rings (SSSR count). The molecule has 2 N–H and O–H groups in total. The zero-order chi connectivity index (χ0) is 19.4. The molecule has 1 fully saturated rings. The van der Waals surface area contributed by atoms with Gasteiger partial charge in [0.05, 0.1) is 10.3 Å². The molecule has 1 saturated carbocycles. The van der Waals surface area contributed by atoms with Gasteiger partial charge in [-0.1, -0.05) is 34.5 Å². The summed E-state index contributed by atoms with van der Waals surface area (Å²) in [7, 11) is -3.27. The third kappa shape index (κ3) is 5.01. The second kappa shape index (κ2) is 8.31. The molecule has 9 heteroatoms. The van der Waals surface area contributed by atoms with Crippen molar-refractivity contribution in [2.75, 3.05) is 5.32 Å².